The molecule has 1 aromatic carbocycles. The summed E-state index contributed by atoms with van der Waals surface area (Å²) in [5, 5.41) is 0. The topological polar surface area (TPSA) is 55.8 Å². The summed E-state index contributed by atoms with van der Waals surface area (Å²) in [6, 6.07) is 7.32. The van der Waals surface area contributed by atoms with Crippen LogP contribution in [0.5, 0.6) is 5.75 Å². The molecule has 0 spiro atoms. The average Bonchev–Trinajstić information content (AvgIpc) is 2.46. The molecule has 0 radical (unpaired) electrons. The lowest BCUT2D eigenvalue weighted by Crippen LogP contribution is -2.43. The van der Waals surface area contributed by atoms with Crippen LogP contribution in [0.3, 0.4) is 0 Å². The number of likely N-dealkylation sites (N-methyl/N-ethyl adjacent to an activating group) is 1. The number of methoxy groups -OCH3 is 2. The predicted octanol–water partition coefficient (Wildman–Crippen LogP) is 1.60. The van der Waals surface area contributed by atoms with Crippen LogP contribution in [0.4, 0.5) is 0 Å². The smallest absolute Gasteiger partial charge is 0.325 e. The van der Waals surface area contributed by atoms with Crippen molar-refractivity contribution in [2.24, 2.45) is 0 Å². The highest BCUT2D eigenvalue weighted by Gasteiger charge is 2.33. The van der Waals surface area contributed by atoms with Gasteiger partial charge in [0.1, 0.15) is 12.3 Å². The fourth-order valence-electron chi connectivity index (χ4n) is 1.94. The van der Waals surface area contributed by atoms with E-state index < -0.39 is 11.4 Å². The Labute approximate surface area is 119 Å². The minimum atomic E-state index is -0.727. The monoisotopic (exact) mass is 279 g/mol. The fraction of sp³-hybridized carbons (Fsp3) is 0.467. The summed E-state index contributed by atoms with van der Waals surface area (Å²) in [5.74, 6) is 0.152. The summed E-state index contributed by atoms with van der Waals surface area (Å²) in [7, 11) is 4.48. The Morgan fingerprint density at radius 3 is 2.15 bits per heavy atom. The SMILES string of the molecule is COC(=O)CN(C)C(=O)C(C)(C)c1ccc(OC)cc1. The van der Waals surface area contributed by atoms with Gasteiger partial charge in [-0.05, 0) is 31.5 Å². The molecular formula is C15H21NO4. The molecule has 110 valence electrons. The van der Waals surface area contributed by atoms with E-state index in [0.717, 1.165) is 11.3 Å². The van der Waals surface area contributed by atoms with Gasteiger partial charge in [0.05, 0.1) is 19.6 Å². The highest BCUT2D eigenvalue weighted by Crippen LogP contribution is 2.27. The minimum Gasteiger partial charge on any atom is -0.497 e. The number of amides is 1. The largest absolute Gasteiger partial charge is 0.497 e. The molecule has 0 saturated heterocycles. The highest BCUT2D eigenvalue weighted by atomic mass is 16.5. The third-order valence-electron chi connectivity index (χ3n) is 3.29. The summed E-state index contributed by atoms with van der Waals surface area (Å²) >= 11 is 0. The molecule has 0 heterocycles. The molecule has 0 fully saturated rings. The van der Waals surface area contributed by atoms with Crippen LogP contribution in [0.2, 0.25) is 0 Å². The van der Waals surface area contributed by atoms with Gasteiger partial charge in [-0.1, -0.05) is 12.1 Å². The van der Waals surface area contributed by atoms with Crippen LogP contribution in [0.25, 0.3) is 0 Å². The van der Waals surface area contributed by atoms with Gasteiger partial charge < -0.3 is 14.4 Å². The van der Waals surface area contributed by atoms with E-state index in [2.05, 4.69) is 4.74 Å². The lowest BCUT2D eigenvalue weighted by atomic mass is 9.83. The predicted molar refractivity (Wildman–Crippen MR) is 75.7 cm³/mol. The molecule has 20 heavy (non-hydrogen) atoms. The van der Waals surface area contributed by atoms with Gasteiger partial charge >= 0.3 is 5.97 Å². The van der Waals surface area contributed by atoms with Gasteiger partial charge in [0.2, 0.25) is 5.91 Å². The van der Waals surface area contributed by atoms with Crippen molar-refractivity contribution >= 4 is 11.9 Å². The Morgan fingerprint density at radius 1 is 1.15 bits per heavy atom. The maximum atomic E-state index is 12.5. The Morgan fingerprint density at radius 2 is 1.70 bits per heavy atom. The van der Waals surface area contributed by atoms with E-state index in [1.165, 1.54) is 12.0 Å². The number of carbonyl (C=O) groups is 2. The quantitative estimate of drug-likeness (QED) is 0.768. The molecule has 5 heteroatoms. The number of ether oxygens (including phenoxy) is 2. The lowest BCUT2D eigenvalue weighted by molar-refractivity contribution is -0.147. The molecule has 0 bridgehead atoms. The first kappa shape index (κ1) is 16.0. The molecule has 0 saturated carbocycles. The summed E-state index contributed by atoms with van der Waals surface area (Å²) in [6.45, 7) is 3.59. The lowest BCUT2D eigenvalue weighted by Gasteiger charge is -2.29. The molecule has 0 unspecified atom stereocenters. The number of benzene rings is 1. The van der Waals surface area contributed by atoms with Crippen molar-refractivity contribution in [1.29, 1.82) is 0 Å². The average molecular weight is 279 g/mol. The maximum Gasteiger partial charge on any atom is 0.325 e. The fourth-order valence-corrected chi connectivity index (χ4v) is 1.94. The molecule has 1 amide bonds. The van der Waals surface area contributed by atoms with E-state index in [-0.39, 0.29) is 12.5 Å². The number of nitrogens with zero attached hydrogens (tertiary/aromatic N) is 1. The third-order valence-corrected chi connectivity index (χ3v) is 3.29. The number of carbonyl (C=O) groups excluding carboxylic acids is 2. The van der Waals surface area contributed by atoms with Crippen LogP contribution in [0.15, 0.2) is 24.3 Å². The maximum absolute atomic E-state index is 12.5. The summed E-state index contributed by atoms with van der Waals surface area (Å²) in [6.07, 6.45) is 0. The first-order valence-corrected chi connectivity index (χ1v) is 6.29. The minimum absolute atomic E-state index is 0.0606. The van der Waals surface area contributed by atoms with E-state index in [0.29, 0.717) is 0 Å². The van der Waals surface area contributed by atoms with Crippen LogP contribution in [-0.2, 0) is 19.7 Å². The van der Waals surface area contributed by atoms with E-state index in [4.69, 9.17) is 4.74 Å². The van der Waals surface area contributed by atoms with Crippen LogP contribution < -0.4 is 4.74 Å². The number of rotatable bonds is 5. The van der Waals surface area contributed by atoms with Crippen LogP contribution in [0, 0.1) is 0 Å². The molecule has 5 nitrogen and oxygen atoms in total. The van der Waals surface area contributed by atoms with Crippen molar-refractivity contribution in [1.82, 2.24) is 4.90 Å². The molecular weight excluding hydrogens is 258 g/mol. The van der Waals surface area contributed by atoms with Crippen molar-refractivity contribution in [2.75, 3.05) is 27.8 Å². The van der Waals surface area contributed by atoms with Gasteiger partial charge in [0.25, 0.3) is 0 Å². The van der Waals surface area contributed by atoms with Gasteiger partial charge in [-0.25, -0.2) is 0 Å². The molecule has 0 atom stereocenters. The molecule has 0 aliphatic carbocycles. The number of hydrogen-bond acceptors (Lipinski definition) is 4. The number of hydrogen-bond donors (Lipinski definition) is 0. The summed E-state index contributed by atoms with van der Waals surface area (Å²) in [5.41, 5.74) is 0.134. The second-order valence-corrected chi connectivity index (χ2v) is 5.09. The molecule has 1 aromatic rings. The second-order valence-electron chi connectivity index (χ2n) is 5.09. The van der Waals surface area contributed by atoms with Gasteiger partial charge in [-0.3, -0.25) is 9.59 Å². The Bertz CT molecular complexity index is 479. The number of esters is 1. The van der Waals surface area contributed by atoms with E-state index in [1.807, 2.05) is 38.1 Å². The van der Waals surface area contributed by atoms with E-state index in [1.54, 1.807) is 14.2 Å². The standard InChI is InChI=1S/C15H21NO4/c1-15(2,11-6-8-12(19-4)9-7-11)14(18)16(3)10-13(17)20-5/h6-9H,10H2,1-5H3. The zero-order valence-corrected chi connectivity index (χ0v) is 12.6. The van der Waals surface area contributed by atoms with Crippen molar-refractivity contribution in [3.63, 3.8) is 0 Å². The van der Waals surface area contributed by atoms with Gasteiger partial charge in [0.15, 0.2) is 0 Å². The van der Waals surface area contributed by atoms with Crippen molar-refractivity contribution in [3.05, 3.63) is 29.8 Å². The van der Waals surface area contributed by atoms with Gasteiger partial charge in [0, 0.05) is 7.05 Å². The Balaban J connectivity index is 2.90. The molecule has 0 aliphatic heterocycles. The van der Waals surface area contributed by atoms with Crippen molar-refractivity contribution in [3.8, 4) is 5.75 Å². The van der Waals surface area contributed by atoms with Crippen molar-refractivity contribution in [2.45, 2.75) is 19.3 Å². The van der Waals surface area contributed by atoms with E-state index in [9.17, 15) is 9.59 Å². The van der Waals surface area contributed by atoms with Gasteiger partial charge in [-0.2, -0.15) is 0 Å². The highest BCUT2D eigenvalue weighted by molar-refractivity contribution is 5.89. The first-order chi connectivity index (χ1) is 9.32. The Kier molecular flexibility index (Phi) is 5.13. The zero-order valence-electron chi connectivity index (χ0n) is 12.6. The Hall–Kier alpha value is -2.04. The molecule has 1 rings (SSSR count). The third kappa shape index (κ3) is 3.50. The normalized spacial score (nSPS) is 10.8. The first-order valence-electron chi connectivity index (χ1n) is 6.29. The summed E-state index contributed by atoms with van der Waals surface area (Å²) < 4.78 is 9.67. The molecule has 0 aromatic heterocycles. The molecule has 0 N–H and O–H groups in total. The van der Waals surface area contributed by atoms with E-state index >= 15 is 0 Å². The second kappa shape index (κ2) is 6.41. The van der Waals surface area contributed by atoms with Gasteiger partial charge in [-0.15, -0.1) is 0 Å². The zero-order chi connectivity index (χ0) is 15.3. The molecule has 0 aliphatic rings. The summed E-state index contributed by atoms with van der Waals surface area (Å²) in [4.78, 5) is 25.1. The van der Waals surface area contributed by atoms with Crippen LogP contribution in [0.1, 0.15) is 19.4 Å². The van der Waals surface area contributed by atoms with Crippen LogP contribution >= 0.6 is 0 Å². The van der Waals surface area contributed by atoms with Crippen LogP contribution in [-0.4, -0.2) is 44.6 Å². The van der Waals surface area contributed by atoms with Crippen molar-refractivity contribution < 1.29 is 19.1 Å².